The molecule has 0 aliphatic carbocycles. The molecule has 5 nitrogen and oxygen atoms in total. The maximum atomic E-state index is 12.0. The summed E-state index contributed by atoms with van der Waals surface area (Å²) in [5, 5.41) is 11.4. The number of hydrogen-bond donors (Lipinski definition) is 3. The number of carboxylic acids is 1. The van der Waals surface area contributed by atoms with Crippen LogP contribution in [0.4, 0.5) is 5.69 Å². The second-order valence-corrected chi connectivity index (χ2v) is 4.75. The van der Waals surface area contributed by atoms with E-state index in [1.807, 2.05) is 19.9 Å². The molecule has 0 spiro atoms. The number of aliphatic carboxylic acids is 1. The summed E-state index contributed by atoms with van der Waals surface area (Å²) in [6.45, 7) is 3.75. The van der Waals surface area contributed by atoms with Gasteiger partial charge in [-0.1, -0.05) is 11.6 Å². The van der Waals surface area contributed by atoms with Crippen molar-refractivity contribution >= 4 is 17.6 Å². The van der Waals surface area contributed by atoms with Gasteiger partial charge < -0.3 is 16.2 Å². The van der Waals surface area contributed by atoms with Gasteiger partial charge in [-0.25, -0.2) is 0 Å². The summed E-state index contributed by atoms with van der Waals surface area (Å²) in [5.74, 6) is -1.04. The molecule has 0 heterocycles. The second-order valence-electron chi connectivity index (χ2n) is 4.75. The average molecular weight is 264 g/mol. The zero-order valence-electron chi connectivity index (χ0n) is 11.3. The number of rotatable bonds is 6. The molecule has 0 saturated carbocycles. The number of anilines is 1. The number of carboxylic acid groups (broad SMARTS) is 1. The zero-order valence-corrected chi connectivity index (χ0v) is 11.3. The lowest BCUT2D eigenvalue weighted by atomic mass is 10.1. The number of carbonyl (C=O) groups excluding carboxylic acids is 1. The fourth-order valence-electron chi connectivity index (χ4n) is 1.80. The summed E-state index contributed by atoms with van der Waals surface area (Å²) in [5.41, 5.74) is 7.65. The predicted octanol–water partition coefficient (Wildman–Crippen LogP) is 1.95. The highest BCUT2D eigenvalue weighted by atomic mass is 16.4. The number of nitrogens with two attached hydrogens (primary N) is 1. The molecule has 19 heavy (non-hydrogen) atoms. The maximum Gasteiger partial charge on any atom is 0.303 e. The topological polar surface area (TPSA) is 92.4 Å². The van der Waals surface area contributed by atoms with Crippen molar-refractivity contribution in [2.24, 2.45) is 0 Å². The lowest BCUT2D eigenvalue weighted by molar-refractivity contribution is -0.137. The van der Waals surface area contributed by atoms with Crippen molar-refractivity contribution in [1.82, 2.24) is 5.32 Å². The minimum Gasteiger partial charge on any atom is -0.481 e. The molecule has 1 aromatic rings. The number of aryl methyl sites for hydroxylation is 1. The van der Waals surface area contributed by atoms with E-state index in [1.165, 1.54) is 0 Å². The lowest BCUT2D eigenvalue weighted by Crippen LogP contribution is -2.33. The third-order valence-electron chi connectivity index (χ3n) is 2.86. The first kappa shape index (κ1) is 15.0. The Morgan fingerprint density at radius 1 is 1.42 bits per heavy atom. The second kappa shape index (κ2) is 6.78. The summed E-state index contributed by atoms with van der Waals surface area (Å²) in [7, 11) is 0. The van der Waals surface area contributed by atoms with Crippen LogP contribution in [0.2, 0.25) is 0 Å². The van der Waals surface area contributed by atoms with E-state index in [1.54, 1.807) is 12.1 Å². The molecule has 1 aromatic carbocycles. The Balaban J connectivity index is 2.54. The van der Waals surface area contributed by atoms with Crippen molar-refractivity contribution in [3.8, 4) is 0 Å². The van der Waals surface area contributed by atoms with Gasteiger partial charge in [0.15, 0.2) is 0 Å². The number of nitrogen functional groups attached to an aromatic ring is 1. The molecule has 1 atom stereocenters. The summed E-state index contributed by atoms with van der Waals surface area (Å²) in [6, 6.07) is 5.22. The van der Waals surface area contributed by atoms with Crippen LogP contribution in [-0.2, 0) is 4.79 Å². The van der Waals surface area contributed by atoms with Crippen molar-refractivity contribution in [3.05, 3.63) is 29.3 Å². The summed E-state index contributed by atoms with van der Waals surface area (Å²) < 4.78 is 0. The highest BCUT2D eigenvalue weighted by molar-refractivity contribution is 5.99. The van der Waals surface area contributed by atoms with E-state index in [4.69, 9.17) is 10.8 Å². The highest BCUT2D eigenvalue weighted by Gasteiger charge is 2.13. The van der Waals surface area contributed by atoms with E-state index in [9.17, 15) is 9.59 Å². The Hall–Kier alpha value is -2.04. The SMILES string of the molecule is Cc1ccc(N)c(C(=O)NC(C)CCCC(=O)O)c1. The number of carbonyl (C=O) groups is 2. The quantitative estimate of drug-likeness (QED) is 0.685. The van der Waals surface area contributed by atoms with Crippen molar-refractivity contribution in [2.75, 3.05) is 5.73 Å². The van der Waals surface area contributed by atoms with Gasteiger partial charge in [-0.15, -0.1) is 0 Å². The van der Waals surface area contributed by atoms with E-state index in [0.717, 1.165) is 5.56 Å². The van der Waals surface area contributed by atoms with E-state index in [0.29, 0.717) is 24.1 Å². The van der Waals surface area contributed by atoms with Gasteiger partial charge >= 0.3 is 5.97 Å². The standard InChI is InChI=1S/C14H20N2O3/c1-9-6-7-12(15)11(8-9)14(19)16-10(2)4-3-5-13(17)18/h6-8,10H,3-5,15H2,1-2H3,(H,16,19)(H,17,18). The summed E-state index contributed by atoms with van der Waals surface area (Å²) >= 11 is 0. The molecule has 4 N–H and O–H groups in total. The average Bonchev–Trinajstić information content (AvgIpc) is 2.31. The van der Waals surface area contributed by atoms with Gasteiger partial charge in [0.05, 0.1) is 5.56 Å². The molecule has 0 fully saturated rings. The Bertz CT molecular complexity index is 472. The van der Waals surface area contributed by atoms with Gasteiger partial charge in [0.2, 0.25) is 0 Å². The zero-order chi connectivity index (χ0) is 14.4. The van der Waals surface area contributed by atoms with Gasteiger partial charge in [-0.2, -0.15) is 0 Å². The number of amides is 1. The molecule has 0 aliphatic rings. The van der Waals surface area contributed by atoms with Gasteiger partial charge in [-0.05, 0) is 38.8 Å². The largest absolute Gasteiger partial charge is 0.481 e. The molecule has 1 unspecified atom stereocenters. The molecule has 0 radical (unpaired) electrons. The Morgan fingerprint density at radius 3 is 2.74 bits per heavy atom. The molecular formula is C14H20N2O3. The molecule has 1 amide bonds. The molecule has 0 aromatic heterocycles. The van der Waals surface area contributed by atoms with Crippen LogP contribution in [0.25, 0.3) is 0 Å². The molecule has 0 aliphatic heterocycles. The number of hydrogen-bond acceptors (Lipinski definition) is 3. The smallest absolute Gasteiger partial charge is 0.303 e. The van der Waals surface area contributed by atoms with Crippen molar-refractivity contribution in [3.63, 3.8) is 0 Å². The normalized spacial score (nSPS) is 11.9. The number of nitrogens with one attached hydrogen (secondary N) is 1. The Morgan fingerprint density at radius 2 is 2.11 bits per heavy atom. The molecule has 0 bridgehead atoms. The van der Waals surface area contributed by atoms with Gasteiger partial charge in [-0.3, -0.25) is 9.59 Å². The highest BCUT2D eigenvalue weighted by Crippen LogP contribution is 2.14. The first-order valence-corrected chi connectivity index (χ1v) is 6.29. The number of benzene rings is 1. The third-order valence-corrected chi connectivity index (χ3v) is 2.86. The van der Waals surface area contributed by atoms with E-state index in [-0.39, 0.29) is 18.4 Å². The van der Waals surface area contributed by atoms with Gasteiger partial charge in [0.1, 0.15) is 0 Å². The predicted molar refractivity (Wildman–Crippen MR) is 74.0 cm³/mol. The fourth-order valence-corrected chi connectivity index (χ4v) is 1.80. The molecule has 5 heteroatoms. The lowest BCUT2D eigenvalue weighted by Gasteiger charge is -2.14. The van der Waals surface area contributed by atoms with Crippen LogP contribution in [0.3, 0.4) is 0 Å². The molecular weight excluding hydrogens is 244 g/mol. The fraction of sp³-hybridized carbons (Fsp3) is 0.429. The van der Waals surface area contributed by atoms with Crippen LogP contribution in [0, 0.1) is 6.92 Å². The van der Waals surface area contributed by atoms with Crippen LogP contribution < -0.4 is 11.1 Å². The van der Waals surface area contributed by atoms with Crippen LogP contribution in [0.15, 0.2) is 18.2 Å². The molecule has 1 rings (SSSR count). The Labute approximate surface area is 112 Å². The minimum atomic E-state index is -0.818. The molecule has 104 valence electrons. The summed E-state index contributed by atoms with van der Waals surface area (Å²) in [6.07, 6.45) is 1.29. The first-order chi connectivity index (χ1) is 8.90. The maximum absolute atomic E-state index is 12.0. The van der Waals surface area contributed by atoms with Crippen molar-refractivity contribution < 1.29 is 14.7 Å². The molecule has 0 saturated heterocycles. The van der Waals surface area contributed by atoms with Crippen LogP contribution in [-0.4, -0.2) is 23.0 Å². The first-order valence-electron chi connectivity index (χ1n) is 6.29. The van der Waals surface area contributed by atoms with E-state index >= 15 is 0 Å². The Kier molecular flexibility index (Phi) is 5.36. The van der Waals surface area contributed by atoms with Crippen LogP contribution in [0.5, 0.6) is 0 Å². The van der Waals surface area contributed by atoms with Gasteiger partial charge in [0.25, 0.3) is 5.91 Å². The monoisotopic (exact) mass is 264 g/mol. The van der Waals surface area contributed by atoms with Crippen LogP contribution >= 0.6 is 0 Å². The van der Waals surface area contributed by atoms with Crippen LogP contribution in [0.1, 0.15) is 42.1 Å². The van der Waals surface area contributed by atoms with Gasteiger partial charge in [0, 0.05) is 18.2 Å². The summed E-state index contributed by atoms with van der Waals surface area (Å²) in [4.78, 5) is 22.4. The van der Waals surface area contributed by atoms with Crippen molar-refractivity contribution in [1.29, 1.82) is 0 Å². The van der Waals surface area contributed by atoms with Crippen molar-refractivity contribution in [2.45, 2.75) is 39.2 Å². The van der Waals surface area contributed by atoms with E-state index < -0.39 is 5.97 Å². The van der Waals surface area contributed by atoms with E-state index in [2.05, 4.69) is 5.32 Å². The third kappa shape index (κ3) is 4.99. The minimum absolute atomic E-state index is 0.0771.